The summed E-state index contributed by atoms with van der Waals surface area (Å²) < 4.78 is 41.4. The molecule has 0 amide bonds. The van der Waals surface area contributed by atoms with Crippen molar-refractivity contribution in [1.29, 1.82) is 0 Å². The van der Waals surface area contributed by atoms with Crippen molar-refractivity contribution < 1.29 is 36.0 Å². The molecule has 0 aliphatic heterocycles. The van der Waals surface area contributed by atoms with E-state index in [4.69, 9.17) is 31.1 Å². The van der Waals surface area contributed by atoms with Crippen molar-refractivity contribution in [3.63, 3.8) is 0 Å². The van der Waals surface area contributed by atoms with Crippen LogP contribution < -0.4 is 0 Å². The van der Waals surface area contributed by atoms with Crippen molar-refractivity contribution in [3.8, 4) is 0 Å². The van der Waals surface area contributed by atoms with Crippen molar-refractivity contribution in [3.05, 3.63) is 0 Å². The first-order valence-corrected chi connectivity index (χ1v) is 19.8. The van der Waals surface area contributed by atoms with Gasteiger partial charge in [-0.25, -0.2) is 0 Å². The second-order valence-corrected chi connectivity index (χ2v) is 18.3. The summed E-state index contributed by atoms with van der Waals surface area (Å²) in [6, 6.07) is 1.43. The molecule has 0 fully saturated rings. The maximum atomic E-state index is 11.0. The number of rotatable bonds is 23. The number of hydrogen-bond acceptors (Lipinski definition) is 9. The molecule has 0 saturated heterocycles. The Bertz CT molecular complexity index is 386. The Labute approximate surface area is 203 Å². The standard InChI is InChI=1S/C20H49O8PSSi2/c1-8-23-31(24-9-2,25-10-3)19-15-17-22-29(21,14-7)30-18-16-20-32(26-11-4,27-12-5)28-13-6/h21,29H,8-20H2,1-7H3. The summed E-state index contributed by atoms with van der Waals surface area (Å²) in [5.41, 5.74) is 0. The maximum absolute atomic E-state index is 11.0. The van der Waals surface area contributed by atoms with Crippen molar-refractivity contribution in [2.75, 3.05) is 58.2 Å². The van der Waals surface area contributed by atoms with Gasteiger partial charge in [0.05, 0.1) is 0 Å². The molecule has 0 bridgehead atoms. The van der Waals surface area contributed by atoms with E-state index in [9.17, 15) is 4.89 Å². The van der Waals surface area contributed by atoms with Crippen molar-refractivity contribution in [2.45, 2.75) is 73.4 Å². The van der Waals surface area contributed by atoms with Gasteiger partial charge in [-0.3, -0.25) is 0 Å². The van der Waals surface area contributed by atoms with Gasteiger partial charge in [-0.2, -0.15) is 0 Å². The van der Waals surface area contributed by atoms with Crippen LogP contribution in [0.2, 0.25) is 12.1 Å². The minimum absolute atomic E-state index is 0.473. The van der Waals surface area contributed by atoms with E-state index in [2.05, 4.69) is 0 Å². The molecule has 0 heterocycles. The van der Waals surface area contributed by atoms with E-state index in [1.807, 2.05) is 48.5 Å². The van der Waals surface area contributed by atoms with Crippen LogP contribution in [-0.4, -0.2) is 80.7 Å². The molecule has 0 aromatic carbocycles. The molecule has 1 N–H and O–H groups in total. The van der Waals surface area contributed by atoms with Crippen LogP contribution in [0.5, 0.6) is 0 Å². The summed E-state index contributed by atoms with van der Waals surface area (Å²) >= 11 is 1.55. The van der Waals surface area contributed by atoms with Crippen LogP contribution in [0.25, 0.3) is 0 Å². The molecule has 32 heavy (non-hydrogen) atoms. The molecule has 0 atom stereocenters. The molecule has 0 aliphatic rings. The van der Waals surface area contributed by atoms with Crippen molar-refractivity contribution in [1.82, 2.24) is 0 Å². The summed E-state index contributed by atoms with van der Waals surface area (Å²) in [6.07, 6.45) is 2.22. The van der Waals surface area contributed by atoms with E-state index in [0.717, 1.165) is 24.6 Å². The van der Waals surface area contributed by atoms with E-state index in [1.165, 1.54) is 0 Å². The van der Waals surface area contributed by atoms with Gasteiger partial charge in [0.1, 0.15) is 0 Å². The average molecular weight is 537 g/mol. The molecule has 0 aromatic heterocycles. The van der Waals surface area contributed by atoms with Gasteiger partial charge in [0.25, 0.3) is 0 Å². The van der Waals surface area contributed by atoms with Gasteiger partial charge < -0.3 is 0 Å². The molecule has 196 valence electrons. The Morgan fingerprint density at radius 3 is 1.34 bits per heavy atom. The third-order valence-corrected chi connectivity index (χ3v) is 16.5. The predicted molar refractivity (Wildman–Crippen MR) is 140 cm³/mol. The van der Waals surface area contributed by atoms with E-state index in [-0.39, 0.29) is 0 Å². The fourth-order valence-electron chi connectivity index (χ4n) is 3.29. The third kappa shape index (κ3) is 13.1. The fraction of sp³-hybridized carbons (Fsp3) is 1.00. The zero-order chi connectivity index (χ0) is 24.3. The monoisotopic (exact) mass is 536 g/mol. The minimum atomic E-state index is -2.82. The second-order valence-electron chi connectivity index (χ2n) is 6.93. The predicted octanol–water partition coefficient (Wildman–Crippen LogP) is 5.12. The Kier molecular flexibility index (Phi) is 19.7. The summed E-state index contributed by atoms with van der Waals surface area (Å²) in [6.45, 7) is 14.8. The van der Waals surface area contributed by atoms with Crippen LogP contribution in [0.1, 0.15) is 61.3 Å². The van der Waals surface area contributed by atoms with Gasteiger partial charge in [0, 0.05) is 0 Å². The molecule has 0 aromatic rings. The SMILES string of the molecule is CCO[Si](CCCO[PH](O)(CC)SCCC[Si](OCC)(OCC)OCC)(OCC)OCC. The molecule has 0 spiro atoms. The summed E-state index contributed by atoms with van der Waals surface area (Å²) in [5, 5.41) is 0. The molecule has 0 unspecified atom stereocenters. The van der Waals surface area contributed by atoms with Crippen LogP contribution >= 0.6 is 18.3 Å². The zero-order valence-corrected chi connectivity index (χ0v) is 25.2. The Balaban J connectivity index is 4.62. The molecule has 12 heteroatoms. The molecule has 0 radical (unpaired) electrons. The molecule has 0 saturated carbocycles. The Morgan fingerprint density at radius 2 is 1.00 bits per heavy atom. The van der Waals surface area contributed by atoms with Crippen LogP contribution in [0.3, 0.4) is 0 Å². The average Bonchev–Trinajstić information content (AvgIpc) is 2.76. The normalized spacial score (nSPS) is 13.6. The Hall–Kier alpha value is 0.894. The molecule has 0 aliphatic carbocycles. The van der Waals surface area contributed by atoms with E-state index < -0.39 is 24.5 Å². The van der Waals surface area contributed by atoms with Gasteiger partial charge in [-0.1, -0.05) is 0 Å². The van der Waals surface area contributed by atoms with Gasteiger partial charge in [-0.15, -0.1) is 0 Å². The molecular weight excluding hydrogens is 487 g/mol. The van der Waals surface area contributed by atoms with Crippen LogP contribution in [-0.2, 0) is 31.1 Å². The summed E-state index contributed by atoms with van der Waals surface area (Å²) in [7, 11) is -5.30. The number of hydrogen-bond donors (Lipinski definition) is 1. The van der Waals surface area contributed by atoms with Crippen LogP contribution in [0.4, 0.5) is 0 Å². The molecular formula is C20H49O8PSSi2. The van der Waals surface area contributed by atoms with Gasteiger partial charge in [-0.05, 0) is 0 Å². The Morgan fingerprint density at radius 1 is 0.625 bits per heavy atom. The van der Waals surface area contributed by atoms with Gasteiger partial charge in [0.15, 0.2) is 0 Å². The molecule has 8 nitrogen and oxygen atoms in total. The quantitative estimate of drug-likeness (QED) is 0.109. The zero-order valence-electron chi connectivity index (χ0n) is 21.4. The topological polar surface area (TPSA) is 84.8 Å². The first kappa shape index (κ1) is 32.9. The van der Waals surface area contributed by atoms with E-state index >= 15 is 0 Å². The van der Waals surface area contributed by atoms with Gasteiger partial charge in [0.2, 0.25) is 0 Å². The summed E-state index contributed by atoms with van der Waals surface area (Å²) in [5.74, 6) is 0.786. The second kappa shape index (κ2) is 19.1. The first-order valence-electron chi connectivity index (χ1n) is 12.2. The van der Waals surface area contributed by atoms with E-state index in [1.54, 1.807) is 11.4 Å². The van der Waals surface area contributed by atoms with Crippen molar-refractivity contribution >= 4 is 35.9 Å². The van der Waals surface area contributed by atoms with Crippen LogP contribution in [0, 0.1) is 0 Å². The molecule has 0 rings (SSSR count). The van der Waals surface area contributed by atoms with Gasteiger partial charge >= 0.3 is 203 Å². The van der Waals surface area contributed by atoms with Crippen molar-refractivity contribution in [2.24, 2.45) is 0 Å². The first-order chi connectivity index (χ1) is 15.3. The third-order valence-electron chi connectivity index (χ3n) is 4.54. The van der Waals surface area contributed by atoms with E-state index in [0.29, 0.717) is 58.5 Å². The summed E-state index contributed by atoms with van der Waals surface area (Å²) in [4.78, 5) is 11.0. The fourth-order valence-corrected chi connectivity index (χ4v) is 12.8. The van der Waals surface area contributed by atoms with Crippen LogP contribution in [0.15, 0.2) is 0 Å².